The molecule has 2 fully saturated rings. The zero-order valence-electron chi connectivity index (χ0n) is 13.5. The SMILES string of the molecule is NC1CC2CCCC(C1)C2NC(=O)c1cc(-c2cccnc2)on1. The van der Waals surface area contributed by atoms with Gasteiger partial charge in [0.1, 0.15) is 0 Å². The fourth-order valence-electron chi connectivity index (χ4n) is 4.28. The lowest BCUT2D eigenvalue weighted by atomic mass is 9.67. The van der Waals surface area contributed by atoms with Crippen LogP contribution in [0.25, 0.3) is 11.3 Å². The Morgan fingerprint density at radius 1 is 1.29 bits per heavy atom. The summed E-state index contributed by atoms with van der Waals surface area (Å²) in [5.74, 6) is 1.37. The highest BCUT2D eigenvalue weighted by Crippen LogP contribution is 2.39. The molecule has 2 aliphatic carbocycles. The van der Waals surface area contributed by atoms with Gasteiger partial charge in [-0.05, 0) is 49.7 Å². The molecule has 2 unspecified atom stereocenters. The quantitative estimate of drug-likeness (QED) is 0.903. The number of carbonyl (C=O) groups excluding carboxylic acids is 1. The number of aromatic nitrogens is 2. The molecule has 1 amide bonds. The molecule has 0 aliphatic heterocycles. The molecule has 24 heavy (non-hydrogen) atoms. The van der Waals surface area contributed by atoms with Gasteiger partial charge < -0.3 is 15.6 Å². The van der Waals surface area contributed by atoms with E-state index < -0.39 is 0 Å². The zero-order chi connectivity index (χ0) is 16.5. The Labute approximate surface area is 140 Å². The highest BCUT2D eigenvalue weighted by molar-refractivity contribution is 5.93. The van der Waals surface area contributed by atoms with E-state index in [2.05, 4.69) is 15.5 Å². The van der Waals surface area contributed by atoms with Crippen LogP contribution >= 0.6 is 0 Å². The molecule has 0 radical (unpaired) electrons. The summed E-state index contributed by atoms with van der Waals surface area (Å²) in [4.78, 5) is 16.6. The van der Waals surface area contributed by atoms with Gasteiger partial charge in [-0.1, -0.05) is 11.6 Å². The summed E-state index contributed by atoms with van der Waals surface area (Å²) in [6.45, 7) is 0. The first kappa shape index (κ1) is 15.3. The van der Waals surface area contributed by atoms with Crippen molar-refractivity contribution >= 4 is 5.91 Å². The van der Waals surface area contributed by atoms with Crippen LogP contribution in [0, 0.1) is 11.8 Å². The summed E-state index contributed by atoms with van der Waals surface area (Å²) in [6.07, 6.45) is 8.92. The number of nitrogens with one attached hydrogen (secondary N) is 1. The fraction of sp³-hybridized carbons (Fsp3) is 0.500. The molecule has 2 saturated carbocycles. The van der Waals surface area contributed by atoms with Gasteiger partial charge in [0, 0.05) is 36.1 Å². The Kier molecular flexibility index (Phi) is 4.06. The smallest absolute Gasteiger partial charge is 0.273 e. The van der Waals surface area contributed by atoms with Crippen molar-refractivity contribution < 1.29 is 9.32 Å². The van der Waals surface area contributed by atoms with Crippen LogP contribution in [0.15, 0.2) is 35.1 Å². The molecule has 0 aromatic carbocycles. The van der Waals surface area contributed by atoms with Crippen LogP contribution in [0.1, 0.15) is 42.6 Å². The molecule has 2 heterocycles. The van der Waals surface area contributed by atoms with Gasteiger partial charge in [-0.3, -0.25) is 9.78 Å². The second-order valence-electron chi connectivity index (χ2n) is 7.00. The molecular weight excluding hydrogens is 304 g/mol. The van der Waals surface area contributed by atoms with Crippen LogP contribution in [0.5, 0.6) is 0 Å². The lowest BCUT2D eigenvalue weighted by Gasteiger charge is -2.45. The van der Waals surface area contributed by atoms with E-state index in [4.69, 9.17) is 10.3 Å². The van der Waals surface area contributed by atoms with Gasteiger partial charge in [0.2, 0.25) is 0 Å². The van der Waals surface area contributed by atoms with Crippen molar-refractivity contribution in [3.05, 3.63) is 36.3 Å². The Morgan fingerprint density at radius 2 is 2.08 bits per heavy atom. The van der Waals surface area contributed by atoms with Crippen molar-refractivity contribution in [3.63, 3.8) is 0 Å². The van der Waals surface area contributed by atoms with Crippen molar-refractivity contribution in [2.24, 2.45) is 17.6 Å². The third kappa shape index (κ3) is 2.94. The maximum absolute atomic E-state index is 12.6. The predicted molar refractivity (Wildman–Crippen MR) is 89.0 cm³/mol. The minimum absolute atomic E-state index is 0.161. The number of amides is 1. The third-order valence-electron chi connectivity index (χ3n) is 5.36. The molecule has 2 atom stereocenters. The Balaban J connectivity index is 1.48. The van der Waals surface area contributed by atoms with Crippen LogP contribution in [-0.4, -0.2) is 28.1 Å². The first-order valence-corrected chi connectivity index (χ1v) is 8.64. The topological polar surface area (TPSA) is 94.0 Å². The van der Waals surface area contributed by atoms with Gasteiger partial charge in [-0.25, -0.2) is 0 Å². The minimum Gasteiger partial charge on any atom is -0.355 e. The molecule has 126 valence electrons. The van der Waals surface area contributed by atoms with Gasteiger partial charge in [-0.15, -0.1) is 0 Å². The van der Waals surface area contributed by atoms with Gasteiger partial charge in [-0.2, -0.15) is 0 Å². The Morgan fingerprint density at radius 3 is 2.79 bits per heavy atom. The summed E-state index contributed by atoms with van der Waals surface area (Å²) in [6, 6.07) is 5.87. The molecule has 0 spiro atoms. The minimum atomic E-state index is -0.161. The van der Waals surface area contributed by atoms with Crippen LogP contribution in [0.3, 0.4) is 0 Å². The normalized spacial score (nSPS) is 29.2. The average molecular weight is 326 g/mol. The van der Waals surface area contributed by atoms with E-state index in [1.165, 1.54) is 6.42 Å². The number of nitrogens with two attached hydrogens (primary N) is 1. The van der Waals surface area contributed by atoms with Crippen molar-refractivity contribution in [2.75, 3.05) is 0 Å². The fourth-order valence-corrected chi connectivity index (χ4v) is 4.28. The standard InChI is InChI=1S/C18H22N4O2/c19-14-7-11-3-1-4-12(8-14)17(11)21-18(23)15-9-16(24-22-15)13-5-2-6-20-10-13/h2,5-6,9-12,14,17H,1,3-4,7-8,19H2,(H,21,23). The van der Waals surface area contributed by atoms with Crippen molar-refractivity contribution in [1.82, 2.24) is 15.5 Å². The number of carbonyl (C=O) groups is 1. The van der Waals surface area contributed by atoms with E-state index in [9.17, 15) is 4.79 Å². The lowest BCUT2D eigenvalue weighted by molar-refractivity contribution is 0.0748. The van der Waals surface area contributed by atoms with Crippen molar-refractivity contribution in [3.8, 4) is 11.3 Å². The van der Waals surface area contributed by atoms with Crippen molar-refractivity contribution in [1.29, 1.82) is 0 Å². The van der Waals surface area contributed by atoms with E-state index in [0.717, 1.165) is 31.2 Å². The van der Waals surface area contributed by atoms with Gasteiger partial charge in [0.25, 0.3) is 5.91 Å². The van der Waals surface area contributed by atoms with Gasteiger partial charge >= 0.3 is 0 Å². The van der Waals surface area contributed by atoms with E-state index in [-0.39, 0.29) is 18.0 Å². The Bertz CT molecular complexity index is 701. The molecule has 2 aromatic rings. The number of rotatable bonds is 3. The summed E-state index contributed by atoms with van der Waals surface area (Å²) < 4.78 is 5.30. The molecule has 2 bridgehead atoms. The highest BCUT2D eigenvalue weighted by atomic mass is 16.5. The van der Waals surface area contributed by atoms with Gasteiger partial charge in [0.05, 0.1) is 0 Å². The predicted octanol–water partition coefficient (Wildman–Crippen LogP) is 2.37. The number of hydrogen-bond acceptors (Lipinski definition) is 5. The van der Waals surface area contributed by atoms with Crippen LogP contribution in [-0.2, 0) is 0 Å². The summed E-state index contributed by atoms with van der Waals surface area (Å²) in [5.41, 5.74) is 7.28. The second-order valence-corrected chi connectivity index (χ2v) is 7.00. The van der Waals surface area contributed by atoms with E-state index in [1.54, 1.807) is 18.5 Å². The lowest BCUT2D eigenvalue weighted by Crippen LogP contribution is -2.53. The summed E-state index contributed by atoms with van der Waals surface area (Å²) >= 11 is 0. The number of nitrogens with zero attached hydrogens (tertiary/aromatic N) is 2. The Hall–Kier alpha value is -2.21. The second kappa shape index (κ2) is 6.36. The maximum Gasteiger partial charge on any atom is 0.273 e. The average Bonchev–Trinajstić information content (AvgIpc) is 3.07. The van der Waals surface area contributed by atoms with Crippen LogP contribution < -0.4 is 11.1 Å². The van der Waals surface area contributed by atoms with Crippen LogP contribution in [0.2, 0.25) is 0 Å². The number of fused-ring (bicyclic) bond motifs is 2. The van der Waals surface area contributed by atoms with E-state index in [1.807, 2.05) is 12.1 Å². The molecule has 6 nitrogen and oxygen atoms in total. The summed E-state index contributed by atoms with van der Waals surface area (Å²) in [5, 5.41) is 7.12. The monoisotopic (exact) mass is 326 g/mol. The largest absolute Gasteiger partial charge is 0.355 e. The van der Waals surface area contributed by atoms with E-state index >= 15 is 0 Å². The molecule has 4 rings (SSSR count). The van der Waals surface area contributed by atoms with Crippen LogP contribution in [0.4, 0.5) is 0 Å². The first-order valence-electron chi connectivity index (χ1n) is 8.64. The van der Waals surface area contributed by atoms with Crippen molar-refractivity contribution in [2.45, 2.75) is 44.2 Å². The molecule has 2 aromatic heterocycles. The number of pyridine rings is 1. The molecule has 2 aliphatic rings. The summed E-state index contributed by atoms with van der Waals surface area (Å²) in [7, 11) is 0. The molecule has 0 saturated heterocycles. The van der Waals surface area contributed by atoms with E-state index in [0.29, 0.717) is 23.3 Å². The third-order valence-corrected chi connectivity index (χ3v) is 5.36. The molecule has 3 N–H and O–H groups in total. The molecular formula is C18H22N4O2. The van der Waals surface area contributed by atoms with Gasteiger partial charge in [0.15, 0.2) is 11.5 Å². The highest BCUT2D eigenvalue weighted by Gasteiger charge is 2.40. The maximum atomic E-state index is 12.6. The number of hydrogen-bond donors (Lipinski definition) is 2. The molecule has 6 heteroatoms. The first-order chi connectivity index (χ1) is 11.7. The zero-order valence-corrected chi connectivity index (χ0v) is 13.5.